The molecular weight excluding hydrogens is 238 g/mol. The number of aromatic nitrogens is 1. The van der Waals surface area contributed by atoms with Crippen molar-refractivity contribution in [2.75, 3.05) is 13.1 Å². The van der Waals surface area contributed by atoms with Crippen LogP contribution in [0.1, 0.15) is 32.4 Å². The van der Waals surface area contributed by atoms with Crippen molar-refractivity contribution in [2.24, 2.45) is 11.8 Å². The highest BCUT2D eigenvalue weighted by atomic mass is 16.2. The predicted molar refractivity (Wildman–Crippen MR) is 75.6 cm³/mol. The van der Waals surface area contributed by atoms with Gasteiger partial charge < -0.3 is 10.2 Å². The van der Waals surface area contributed by atoms with Crippen LogP contribution >= 0.6 is 0 Å². The third kappa shape index (κ3) is 3.94. The number of nitrogens with zero attached hydrogens (tertiary/aromatic N) is 2. The van der Waals surface area contributed by atoms with Crippen LogP contribution in [0.3, 0.4) is 0 Å². The maximum absolute atomic E-state index is 12.0. The van der Waals surface area contributed by atoms with Crippen molar-refractivity contribution in [3.8, 4) is 0 Å². The molecule has 0 atom stereocenters. The SMILES string of the molecule is CC(C)C1CCN(C(=O)NCc2ccccn2)CC1. The molecule has 0 bridgehead atoms. The van der Waals surface area contributed by atoms with Crippen molar-refractivity contribution in [3.05, 3.63) is 30.1 Å². The monoisotopic (exact) mass is 261 g/mol. The van der Waals surface area contributed by atoms with Gasteiger partial charge in [-0.05, 0) is 36.8 Å². The molecule has 4 heteroatoms. The number of hydrogen-bond acceptors (Lipinski definition) is 2. The van der Waals surface area contributed by atoms with E-state index in [1.807, 2.05) is 23.1 Å². The van der Waals surface area contributed by atoms with Crippen molar-refractivity contribution in [1.29, 1.82) is 0 Å². The third-order valence-corrected chi connectivity index (χ3v) is 3.92. The number of nitrogens with one attached hydrogen (secondary N) is 1. The summed E-state index contributed by atoms with van der Waals surface area (Å²) >= 11 is 0. The van der Waals surface area contributed by atoms with E-state index in [1.165, 1.54) is 0 Å². The minimum Gasteiger partial charge on any atom is -0.332 e. The molecule has 0 unspecified atom stereocenters. The molecule has 1 fully saturated rings. The summed E-state index contributed by atoms with van der Waals surface area (Å²) in [4.78, 5) is 18.2. The molecule has 1 aromatic heterocycles. The van der Waals surface area contributed by atoms with E-state index < -0.39 is 0 Å². The number of carbonyl (C=O) groups is 1. The molecule has 0 aliphatic carbocycles. The second-order valence-electron chi connectivity index (χ2n) is 5.55. The van der Waals surface area contributed by atoms with Crippen LogP contribution in [0.5, 0.6) is 0 Å². The first kappa shape index (κ1) is 13.8. The highest BCUT2D eigenvalue weighted by Gasteiger charge is 2.24. The molecule has 0 radical (unpaired) electrons. The summed E-state index contributed by atoms with van der Waals surface area (Å²) in [5.41, 5.74) is 0.896. The quantitative estimate of drug-likeness (QED) is 0.909. The third-order valence-electron chi connectivity index (χ3n) is 3.92. The summed E-state index contributed by atoms with van der Waals surface area (Å²) in [6.45, 7) is 6.78. The molecule has 0 aromatic carbocycles. The van der Waals surface area contributed by atoms with Crippen LogP contribution in [0.25, 0.3) is 0 Å². The lowest BCUT2D eigenvalue weighted by Gasteiger charge is -2.33. The molecule has 4 nitrogen and oxygen atoms in total. The molecular formula is C15H23N3O. The number of carbonyl (C=O) groups excluding carboxylic acids is 1. The highest BCUT2D eigenvalue weighted by Crippen LogP contribution is 2.24. The van der Waals surface area contributed by atoms with Crippen molar-refractivity contribution in [3.63, 3.8) is 0 Å². The standard InChI is InChI=1S/C15H23N3O/c1-12(2)13-6-9-18(10-7-13)15(19)17-11-14-5-3-4-8-16-14/h3-5,8,12-13H,6-7,9-11H2,1-2H3,(H,17,19). The highest BCUT2D eigenvalue weighted by molar-refractivity contribution is 5.74. The van der Waals surface area contributed by atoms with Gasteiger partial charge in [0.05, 0.1) is 12.2 Å². The Bertz CT molecular complexity index is 397. The number of urea groups is 1. The minimum atomic E-state index is 0.0351. The second-order valence-corrected chi connectivity index (χ2v) is 5.55. The number of likely N-dealkylation sites (tertiary alicyclic amines) is 1. The Labute approximate surface area is 115 Å². The Hall–Kier alpha value is -1.58. The van der Waals surface area contributed by atoms with Gasteiger partial charge in [0, 0.05) is 19.3 Å². The first-order valence-electron chi connectivity index (χ1n) is 7.09. The molecule has 104 valence electrons. The summed E-state index contributed by atoms with van der Waals surface area (Å²) in [6.07, 6.45) is 3.99. The smallest absolute Gasteiger partial charge is 0.317 e. The van der Waals surface area contributed by atoms with E-state index in [1.54, 1.807) is 6.20 Å². The van der Waals surface area contributed by atoms with Crippen LogP contribution in [0, 0.1) is 11.8 Å². The fourth-order valence-corrected chi connectivity index (χ4v) is 2.55. The maximum Gasteiger partial charge on any atom is 0.317 e. The predicted octanol–water partition coefficient (Wildman–Crippen LogP) is 2.66. The van der Waals surface area contributed by atoms with Gasteiger partial charge in [0.2, 0.25) is 0 Å². The van der Waals surface area contributed by atoms with E-state index in [2.05, 4.69) is 24.1 Å². The average Bonchev–Trinajstić information content (AvgIpc) is 2.46. The lowest BCUT2D eigenvalue weighted by molar-refractivity contribution is 0.156. The van der Waals surface area contributed by atoms with Crippen molar-refractivity contribution in [1.82, 2.24) is 15.2 Å². The van der Waals surface area contributed by atoms with Crippen LogP contribution in [-0.2, 0) is 6.54 Å². The van der Waals surface area contributed by atoms with E-state index in [0.717, 1.165) is 43.5 Å². The summed E-state index contributed by atoms with van der Waals surface area (Å²) in [7, 11) is 0. The van der Waals surface area contributed by atoms with Gasteiger partial charge >= 0.3 is 6.03 Å². The summed E-state index contributed by atoms with van der Waals surface area (Å²) in [6, 6.07) is 5.77. The lowest BCUT2D eigenvalue weighted by atomic mass is 9.87. The van der Waals surface area contributed by atoms with Gasteiger partial charge in [-0.2, -0.15) is 0 Å². The Balaban J connectivity index is 1.76. The Kier molecular flexibility index (Phi) is 4.77. The van der Waals surface area contributed by atoms with Gasteiger partial charge in [0.25, 0.3) is 0 Å². The van der Waals surface area contributed by atoms with E-state index in [4.69, 9.17) is 0 Å². The molecule has 1 saturated heterocycles. The summed E-state index contributed by atoms with van der Waals surface area (Å²) < 4.78 is 0. The van der Waals surface area contributed by atoms with Crippen LogP contribution < -0.4 is 5.32 Å². The summed E-state index contributed by atoms with van der Waals surface area (Å²) in [5.74, 6) is 1.48. The Morgan fingerprint density at radius 3 is 2.74 bits per heavy atom. The van der Waals surface area contributed by atoms with Crippen LogP contribution in [0.4, 0.5) is 4.79 Å². The van der Waals surface area contributed by atoms with Gasteiger partial charge in [-0.1, -0.05) is 19.9 Å². The minimum absolute atomic E-state index is 0.0351. The maximum atomic E-state index is 12.0. The van der Waals surface area contributed by atoms with E-state index in [-0.39, 0.29) is 6.03 Å². The topological polar surface area (TPSA) is 45.2 Å². The molecule has 2 amide bonds. The normalized spacial score (nSPS) is 16.7. The molecule has 0 spiro atoms. The van der Waals surface area contributed by atoms with Crippen LogP contribution in [-0.4, -0.2) is 29.0 Å². The van der Waals surface area contributed by atoms with Crippen molar-refractivity contribution in [2.45, 2.75) is 33.2 Å². The van der Waals surface area contributed by atoms with Crippen molar-refractivity contribution < 1.29 is 4.79 Å². The average molecular weight is 261 g/mol. The number of rotatable bonds is 3. The number of pyridine rings is 1. The van der Waals surface area contributed by atoms with Crippen LogP contribution in [0.2, 0.25) is 0 Å². The van der Waals surface area contributed by atoms with Gasteiger partial charge in [0.15, 0.2) is 0 Å². The molecule has 2 rings (SSSR count). The molecule has 19 heavy (non-hydrogen) atoms. The van der Waals surface area contributed by atoms with Crippen molar-refractivity contribution >= 4 is 6.03 Å². The molecule has 2 heterocycles. The van der Waals surface area contributed by atoms with Crippen LogP contribution in [0.15, 0.2) is 24.4 Å². The zero-order valence-electron chi connectivity index (χ0n) is 11.8. The molecule has 1 N–H and O–H groups in total. The lowest BCUT2D eigenvalue weighted by Crippen LogP contribution is -2.44. The zero-order chi connectivity index (χ0) is 13.7. The van der Waals surface area contributed by atoms with E-state index in [9.17, 15) is 4.79 Å². The molecule has 0 saturated carbocycles. The number of hydrogen-bond donors (Lipinski definition) is 1. The number of amides is 2. The summed E-state index contributed by atoms with van der Waals surface area (Å²) in [5, 5.41) is 2.94. The second kappa shape index (κ2) is 6.55. The fraction of sp³-hybridized carbons (Fsp3) is 0.600. The van der Waals surface area contributed by atoms with Gasteiger partial charge in [-0.3, -0.25) is 4.98 Å². The number of piperidine rings is 1. The molecule has 1 aliphatic heterocycles. The first-order chi connectivity index (χ1) is 9.16. The largest absolute Gasteiger partial charge is 0.332 e. The fourth-order valence-electron chi connectivity index (χ4n) is 2.55. The molecule has 1 aliphatic rings. The van der Waals surface area contributed by atoms with Gasteiger partial charge in [0.1, 0.15) is 0 Å². The Morgan fingerprint density at radius 2 is 2.16 bits per heavy atom. The van der Waals surface area contributed by atoms with Gasteiger partial charge in [-0.15, -0.1) is 0 Å². The molecule has 1 aromatic rings. The van der Waals surface area contributed by atoms with E-state index in [0.29, 0.717) is 6.54 Å². The van der Waals surface area contributed by atoms with E-state index >= 15 is 0 Å². The first-order valence-corrected chi connectivity index (χ1v) is 7.09. The van der Waals surface area contributed by atoms with Gasteiger partial charge in [-0.25, -0.2) is 4.79 Å². The zero-order valence-corrected chi connectivity index (χ0v) is 11.8. The Morgan fingerprint density at radius 1 is 1.42 bits per heavy atom.